The Labute approximate surface area is 493 Å². The van der Waals surface area contributed by atoms with Gasteiger partial charge in [0.2, 0.25) is 0 Å². The Balaban J connectivity index is 0.885. The van der Waals surface area contributed by atoms with Gasteiger partial charge in [0.15, 0.2) is 11.2 Å². The first-order chi connectivity index (χ1) is 42.5. The molecule has 0 bridgehead atoms. The van der Waals surface area contributed by atoms with Crippen LogP contribution in [0.15, 0.2) is 276 Å². The van der Waals surface area contributed by atoms with Gasteiger partial charge in [-0.15, -0.1) is 0 Å². The maximum Gasteiger partial charge on any atom is 0.159 e. The minimum Gasteiger partial charge on any atom is -0.454 e. The Morgan fingerprint density at radius 1 is 0.256 bits per heavy atom. The van der Waals surface area contributed by atoms with Crippen molar-refractivity contribution in [2.75, 3.05) is 9.80 Å². The van der Waals surface area contributed by atoms with Crippen LogP contribution < -0.4 is 9.80 Å². The van der Waals surface area contributed by atoms with Crippen LogP contribution in [0, 0.1) is 13.8 Å². The van der Waals surface area contributed by atoms with Crippen LogP contribution in [0.1, 0.15) is 11.1 Å². The summed E-state index contributed by atoms with van der Waals surface area (Å²) < 4.78 is 19.0. The summed E-state index contributed by atoms with van der Waals surface area (Å²) in [7, 11) is 0. The minimum atomic E-state index is 0.853. The summed E-state index contributed by atoms with van der Waals surface area (Å²) in [4.78, 5) is 4.94. The number of rotatable bonds is 8. The highest BCUT2D eigenvalue weighted by Crippen LogP contribution is 2.54. The largest absolute Gasteiger partial charge is 0.454 e. The maximum absolute atomic E-state index is 6.94. The molecule has 19 aromatic rings. The number of para-hydroxylation sites is 6. The molecule has 0 saturated heterocycles. The molecule has 0 atom stereocenters. The van der Waals surface area contributed by atoms with Crippen LogP contribution in [-0.2, 0) is 0 Å². The van der Waals surface area contributed by atoms with Gasteiger partial charge in [0.25, 0.3) is 0 Å². The maximum atomic E-state index is 6.94. The number of nitrogens with zero attached hydrogens (tertiary/aromatic N) is 4. The van der Waals surface area contributed by atoms with Crippen molar-refractivity contribution in [1.29, 1.82) is 0 Å². The summed E-state index contributed by atoms with van der Waals surface area (Å²) in [5.41, 5.74) is 23.8. The summed E-state index contributed by atoms with van der Waals surface area (Å²) in [6, 6.07) is 97.5. The minimum absolute atomic E-state index is 0.853. The lowest BCUT2D eigenvalue weighted by Gasteiger charge is -2.28. The molecule has 0 saturated carbocycles. The predicted molar refractivity (Wildman–Crippen MR) is 360 cm³/mol. The molecule has 0 aliphatic rings. The zero-order valence-corrected chi connectivity index (χ0v) is 47.0. The average molecular weight is 1100 g/mol. The Morgan fingerprint density at radius 3 is 1.10 bits per heavy atom. The van der Waals surface area contributed by atoms with Crippen LogP contribution >= 0.6 is 0 Å². The third kappa shape index (κ3) is 6.44. The molecule has 0 unspecified atom stereocenters. The van der Waals surface area contributed by atoms with Crippen molar-refractivity contribution in [3.8, 4) is 22.3 Å². The van der Waals surface area contributed by atoms with Gasteiger partial charge in [0, 0.05) is 76.0 Å². The SMILES string of the molecule is Cc1ccc(-c2ccccc2)cc1N(c1cccc2c1oc1ccccc12)c1ccc2c3cc4c(cc3n3c5ccccc5c1c23)c1ccc(N(c2cc(-c3ccccc3)ccc2C)c2cccc3c2oc2ccccc23)c2c3ccccc3n4c12. The van der Waals surface area contributed by atoms with Gasteiger partial charge in [-0.1, -0.05) is 194 Å². The van der Waals surface area contributed by atoms with E-state index in [1.165, 1.54) is 87.3 Å². The Morgan fingerprint density at radius 2 is 0.651 bits per heavy atom. The summed E-state index contributed by atoms with van der Waals surface area (Å²) in [5.74, 6) is 0. The molecule has 0 fully saturated rings. The van der Waals surface area contributed by atoms with E-state index >= 15 is 0 Å². The lowest BCUT2D eigenvalue weighted by Crippen LogP contribution is -2.12. The van der Waals surface area contributed by atoms with Crippen molar-refractivity contribution < 1.29 is 8.83 Å². The summed E-state index contributed by atoms with van der Waals surface area (Å²) in [6.07, 6.45) is 0. The molecule has 6 heteroatoms. The van der Waals surface area contributed by atoms with Crippen molar-refractivity contribution in [2.45, 2.75) is 13.8 Å². The lowest BCUT2D eigenvalue weighted by molar-refractivity contribution is 0.668. The van der Waals surface area contributed by atoms with E-state index in [-0.39, 0.29) is 0 Å². The van der Waals surface area contributed by atoms with E-state index in [9.17, 15) is 0 Å². The van der Waals surface area contributed by atoms with E-state index in [1.54, 1.807) is 0 Å². The zero-order valence-electron chi connectivity index (χ0n) is 47.0. The second kappa shape index (κ2) is 17.6. The first-order valence-corrected chi connectivity index (χ1v) is 29.6. The van der Waals surface area contributed by atoms with Gasteiger partial charge in [-0.05, 0) is 120 Å². The molecule has 6 aromatic heterocycles. The number of aromatic nitrogens is 2. The van der Waals surface area contributed by atoms with Gasteiger partial charge in [-0.25, -0.2) is 0 Å². The van der Waals surface area contributed by atoms with Gasteiger partial charge in [0.05, 0.1) is 55.8 Å². The van der Waals surface area contributed by atoms with Crippen LogP contribution in [0.3, 0.4) is 0 Å². The summed E-state index contributed by atoms with van der Waals surface area (Å²) in [6.45, 7) is 4.46. The molecule has 19 rings (SSSR count). The van der Waals surface area contributed by atoms with Crippen LogP contribution in [0.25, 0.3) is 142 Å². The van der Waals surface area contributed by atoms with E-state index in [4.69, 9.17) is 8.83 Å². The zero-order chi connectivity index (χ0) is 56.5. The fourth-order valence-electron chi connectivity index (χ4n) is 14.8. The normalized spacial score (nSPS) is 12.3. The number of fused-ring (bicyclic) bond motifs is 18. The molecule has 6 nitrogen and oxygen atoms in total. The molecule has 6 heterocycles. The second-order valence-corrected chi connectivity index (χ2v) is 23.2. The van der Waals surface area contributed by atoms with Gasteiger partial charge >= 0.3 is 0 Å². The topological polar surface area (TPSA) is 41.6 Å². The van der Waals surface area contributed by atoms with Crippen LogP contribution in [0.2, 0.25) is 0 Å². The first-order valence-electron chi connectivity index (χ1n) is 29.6. The van der Waals surface area contributed by atoms with Crippen molar-refractivity contribution in [3.05, 3.63) is 278 Å². The molecule has 86 heavy (non-hydrogen) atoms. The molecule has 0 amide bonds. The van der Waals surface area contributed by atoms with Gasteiger partial charge in [-0.2, -0.15) is 0 Å². The standard InChI is InChI=1S/C80H50N4O2/c1-47-35-37-51(49-19-5-3-6-20-49)43-69(47)81(67-31-17-27-57-53-23-11-15-33-73(53)85-79(57)67)65-41-39-55-61-45-72-62(46-71(61)83-63-29-13-9-25-59(63)75(65)77(55)83)56-40-42-66(76-60-26-10-14-30-64(60)84(72)78(56)76)82(70-44-52(38-36-48(70)2)50-21-7-4-8-22-50)68-32-18-28-58-54-24-12-16-34-74(54)86-80(58)68/h3-46H,1-2H3. The number of furan rings is 2. The molecule has 0 radical (unpaired) electrons. The van der Waals surface area contributed by atoms with E-state index in [2.05, 4.69) is 299 Å². The molecule has 0 spiro atoms. The van der Waals surface area contributed by atoms with Gasteiger partial charge in [-0.3, -0.25) is 0 Å². The number of aryl methyl sites for hydroxylation is 2. The van der Waals surface area contributed by atoms with Crippen LogP contribution in [-0.4, -0.2) is 8.80 Å². The van der Waals surface area contributed by atoms with Crippen molar-refractivity contribution >= 4 is 154 Å². The average Bonchev–Trinajstić information content (AvgIpc) is 1.58. The fraction of sp³-hybridized carbons (Fsp3) is 0.0250. The number of benzene rings is 13. The highest BCUT2D eigenvalue weighted by molar-refractivity contribution is 6.33. The summed E-state index contributed by atoms with van der Waals surface area (Å²) in [5, 5.41) is 14.0. The van der Waals surface area contributed by atoms with Crippen molar-refractivity contribution in [3.63, 3.8) is 0 Å². The molecular formula is C80H50N4O2. The molecular weight excluding hydrogens is 1050 g/mol. The van der Waals surface area contributed by atoms with E-state index in [1.807, 2.05) is 0 Å². The van der Waals surface area contributed by atoms with Crippen molar-refractivity contribution in [1.82, 2.24) is 8.80 Å². The van der Waals surface area contributed by atoms with E-state index in [0.717, 1.165) is 100 Å². The first kappa shape index (κ1) is 47.2. The van der Waals surface area contributed by atoms with Crippen molar-refractivity contribution in [2.24, 2.45) is 0 Å². The Bertz CT molecular complexity index is 5630. The molecule has 0 aliphatic heterocycles. The Hall–Kier alpha value is -11.3. The van der Waals surface area contributed by atoms with Gasteiger partial charge in [0.1, 0.15) is 11.2 Å². The third-order valence-electron chi connectivity index (χ3n) is 18.6. The predicted octanol–water partition coefficient (Wildman–Crippen LogP) is 22.7. The highest BCUT2D eigenvalue weighted by Gasteiger charge is 2.31. The number of anilines is 6. The van der Waals surface area contributed by atoms with Crippen LogP contribution in [0.5, 0.6) is 0 Å². The smallest absolute Gasteiger partial charge is 0.159 e. The van der Waals surface area contributed by atoms with E-state index in [0.29, 0.717) is 0 Å². The molecule has 0 N–H and O–H groups in total. The third-order valence-corrected chi connectivity index (χ3v) is 18.6. The number of hydrogen-bond acceptors (Lipinski definition) is 4. The molecule has 0 aliphatic carbocycles. The lowest BCUT2D eigenvalue weighted by atomic mass is 9.99. The monoisotopic (exact) mass is 1100 g/mol. The number of hydrogen-bond donors (Lipinski definition) is 0. The van der Waals surface area contributed by atoms with Crippen LogP contribution in [0.4, 0.5) is 34.1 Å². The Kier molecular flexibility index (Phi) is 9.65. The fourth-order valence-corrected chi connectivity index (χ4v) is 14.8. The highest BCUT2D eigenvalue weighted by atomic mass is 16.3. The van der Waals surface area contributed by atoms with Gasteiger partial charge < -0.3 is 27.4 Å². The molecule has 13 aromatic carbocycles. The summed E-state index contributed by atoms with van der Waals surface area (Å²) >= 11 is 0. The van der Waals surface area contributed by atoms with E-state index < -0.39 is 0 Å². The second-order valence-electron chi connectivity index (χ2n) is 23.2. The molecule has 402 valence electrons. The quantitative estimate of drug-likeness (QED) is 0.152.